The van der Waals surface area contributed by atoms with Crippen LogP contribution in [0.25, 0.3) is 0 Å². The van der Waals surface area contributed by atoms with Crippen LogP contribution >= 0.6 is 0 Å². The van der Waals surface area contributed by atoms with Gasteiger partial charge in [-0.15, -0.1) is 0 Å². The fourth-order valence-corrected chi connectivity index (χ4v) is 3.68. The van der Waals surface area contributed by atoms with Crippen LogP contribution in [0.3, 0.4) is 0 Å². The summed E-state index contributed by atoms with van der Waals surface area (Å²) in [7, 11) is 1.64. The van der Waals surface area contributed by atoms with Crippen molar-refractivity contribution in [2.45, 2.75) is 64.5 Å². The number of likely N-dealkylation sites (tertiary alicyclic amines) is 1. The largest absolute Gasteiger partial charge is 0.493 e. The topological polar surface area (TPSA) is 59.0 Å². The number of unbranched alkanes of at least 4 members (excludes halogenated alkanes) is 1. The molecule has 1 N–H and O–H groups in total. The number of aliphatic carboxylic acids is 1. The van der Waals surface area contributed by atoms with E-state index in [1.165, 1.54) is 0 Å². The van der Waals surface area contributed by atoms with Crippen LogP contribution in [0, 0.1) is 0 Å². The molecule has 1 aliphatic heterocycles. The van der Waals surface area contributed by atoms with Crippen molar-refractivity contribution in [2.24, 2.45) is 0 Å². The van der Waals surface area contributed by atoms with Gasteiger partial charge in [-0.25, -0.2) is 0 Å². The average molecular weight is 349 g/mol. The Morgan fingerprint density at radius 3 is 2.76 bits per heavy atom. The molecule has 1 heterocycles. The summed E-state index contributed by atoms with van der Waals surface area (Å²) in [6.45, 7) is 5.53. The highest BCUT2D eigenvalue weighted by atomic mass is 16.5. The third kappa shape index (κ3) is 4.88. The minimum atomic E-state index is -0.709. The number of ether oxygens (including phenoxy) is 2. The molecule has 1 aromatic carbocycles. The lowest BCUT2D eigenvalue weighted by Crippen LogP contribution is -2.46. The number of hydrogen-bond acceptors (Lipinski definition) is 4. The Morgan fingerprint density at radius 1 is 1.32 bits per heavy atom. The first kappa shape index (κ1) is 19.6. The summed E-state index contributed by atoms with van der Waals surface area (Å²) < 4.78 is 11.1. The molecule has 2 rings (SSSR count). The molecular weight excluding hydrogens is 318 g/mol. The zero-order valence-electron chi connectivity index (χ0n) is 15.7. The van der Waals surface area contributed by atoms with E-state index in [0.717, 1.165) is 56.4 Å². The molecule has 2 unspecified atom stereocenters. The van der Waals surface area contributed by atoms with Crippen molar-refractivity contribution in [1.29, 1.82) is 0 Å². The van der Waals surface area contributed by atoms with Gasteiger partial charge in [0.25, 0.3) is 0 Å². The maximum absolute atomic E-state index is 11.8. The van der Waals surface area contributed by atoms with Gasteiger partial charge in [-0.2, -0.15) is 0 Å². The molecule has 0 radical (unpaired) electrons. The minimum absolute atomic E-state index is 0.103. The molecule has 1 saturated heterocycles. The third-order valence-electron chi connectivity index (χ3n) is 4.93. The van der Waals surface area contributed by atoms with E-state index in [4.69, 9.17) is 9.47 Å². The molecule has 140 valence electrons. The Kier molecular flexibility index (Phi) is 7.56. The molecule has 0 amide bonds. The van der Waals surface area contributed by atoms with Gasteiger partial charge in [0.1, 0.15) is 6.04 Å². The summed E-state index contributed by atoms with van der Waals surface area (Å²) in [4.78, 5) is 13.9. The molecular formula is C20H31NO4. The van der Waals surface area contributed by atoms with Crippen molar-refractivity contribution in [3.63, 3.8) is 0 Å². The standard InChI is InChI=1S/C20H31NO4/c1-4-6-9-16(21-13-8-7-10-17(21)20(22)23)15-11-12-18(25-5-2)19(14-15)24-3/h11-12,14,16-17H,4-10,13H2,1-3H3,(H,22,23). The number of carboxylic acids is 1. The van der Waals surface area contributed by atoms with Crippen LogP contribution in [-0.2, 0) is 4.79 Å². The lowest BCUT2D eigenvalue weighted by Gasteiger charge is -2.39. The van der Waals surface area contributed by atoms with Gasteiger partial charge in [0, 0.05) is 6.04 Å². The third-order valence-corrected chi connectivity index (χ3v) is 4.93. The van der Waals surface area contributed by atoms with Gasteiger partial charge in [0.2, 0.25) is 0 Å². The SMILES string of the molecule is CCCCC(c1ccc(OCC)c(OC)c1)N1CCCCC1C(=O)O. The molecule has 1 aliphatic rings. The van der Waals surface area contributed by atoms with Gasteiger partial charge in [0.15, 0.2) is 11.5 Å². The highest BCUT2D eigenvalue weighted by molar-refractivity contribution is 5.73. The summed E-state index contributed by atoms with van der Waals surface area (Å²) in [6.07, 6.45) is 5.89. The van der Waals surface area contributed by atoms with Crippen LogP contribution in [0.5, 0.6) is 11.5 Å². The first-order valence-electron chi connectivity index (χ1n) is 9.41. The number of hydrogen-bond donors (Lipinski definition) is 1. The van der Waals surface area contributed by atoms with E-state index in [1.807, 2.05) is 19.1 Å². The highest BCUT2D eigenvalue weighted by Gasteiger charge is 2.34. The first-order valence-corrected chi connectivity index (χ1v) is 9.41. The summed E-state index contributed by atoms with van der Waals surface area (Å²) in [5.41, 5.74) is 1.11. The molecule has 0 saturated carbocycles. The van der Waals surface area contributed by atoms with Crippen molar-refractivity contribution < 1.29 is 19.4 Å². The van der Waals surface area contributed by atoms with E-state index < -0.39 is 12.0 Å². The second-order valence-corrected chi connectivity index (χ2v) is 6.59. The van der Waals surface area contributed by atoms with E-state index in [9.17, 15) is 9.90 Å². The lowest BCUT2D eigenvalue weighted by molar-refractivity contribution is -0.146. The van der Waals surface area contributed by atoms with Crippen LogP contribution < -0.4 is 9.47 Å². The van der Waals surface area contributed by atoms with Gasteiger partial charge >= 0.3 is 5.97 Å². The van der Waals surface area contributed by atoms with Crippen LogP contribution in [-0.4, -0.2) is 42.3 Å². The second kappa shape index (κ2) is 9.66. The smallest absolute Gasteiger partial charge is 0.320 e. The molecule has 2 atom stereocenters. The van der Waals surface area contributed by atoms with Crippen LogP contribution in [0.4, 0.5) is 0 Å². The molecule has 5 nitrogen and oxygen atoms in total. The highest BCUT2D eigenvalue weighted by Crippen LogP contribution is 2.37. The van der Waals surface area contributed by atoms with E-state index in [-0.39, 0.29) is 6.04 Å². The predicted molar refractivity (Wildman–Crippen MR) is 98.4 cm³/mol. The van der Waals surface area contributed by atoms with Crippen molar-refractivity contribution in [1.82, 2.24) is 4.90 Å². The Bertz CT molecular complexity index is 561. The monoisotopic (exact) mass is 349 g/mol. The van der Waals surface area contributed by atoms with Crippen molar-refractivity contribution >= 4 is 5.97 Å². The number of piperidine rings is 1. The summed E-state index contributed by atoms with van der Waals surface area (Å²) in [5, 5.41) is 9.66. The van der Waals surface area contributed by atoms with Crippen LogP contribution in [0.1, 0.15) is 64.0 Å². The predicted octanol–water partition coefficient (Wildman–Crippen LogP) is 4.26. The maximum atomic E-state index is 11.8. The van der Waals surface area contributed by atoms with Gasteiger partial charge < -0.3 is 14.6 Å². The molecule has 1 fully saturated rings. The minimum Gasteiger partial charge on any atom is -0.493 e. The molecule has 5 heteroatoms. The number of methoxy groups -OCH3 is 1. The van der Waals surface area contributed by atoms with Gasteiger partial charge in [0.05, 0.1) is 13.7 Å². The van der Waals surface area contributed by atoms with Gasteiger partial charge in [-0.3, -0.25) is 9.69 Å². The van der Waals surface area contributed by atoms with E-state index in [1.54, 1.807) is 7.11 Å². The molecule has 1 aromatic rings. The van der Waals surface area contributed by atoms with Crippen LogP contribution in [0.2, 0.25) is 0 Å². The molecule has 0 bridgehead atoms. The Labute approximate surface area is 150 Å². The van der Waals surface area contributed by atoms with E-state index >= 15 is 0 Å². The number of benzene rings is 1. The van der Waals surface area contributed by atoms with E-state index in [0.29, 0.717) is 12.4 Å². The van der Waals surface area contributed by atoms with Crippen LogP contribution in [0.15, 0.2) is 18.2 Å². The van der Waals surface area contributed by atoms with Crippen molar-refractivity contribution in [2.75, 3.05) is 20.3 Å². The summed E-state index contributed by atoms with van der Waals surface area (Å²) >= 11 is 0. The molecule has 0 aliphatic carbocycles. The molecule has 25 heavy (non-hydrogen) atoms. The normalized spacial score (nSPS) is 19.4. The Morgan fingerprint density at radius 2 is 2.12 bits per heavy atom. The quantitative estimate of drug-likeness (QED) is 0.722. The Balaban J connectivity index is 2.34. The summed E-state index contributed by atoms with van der Waals surface area (Å²) in [5.74, 6) is 0.736. The fraction of sp³-hybridized carbons (Fsp3) is 0.650. The average Bonchev–Trinajstić information content (AvgIpc) is 2.63. The molecule has 0 spiro atoms. The zero-order valence-corrected chi connectivity index (χ0v) is 15.7. The fourth-order valence-electron chi connectivity index (χ4n) is 3.68. The lowest BCUT2D eigenvalue weighted by atomic mass is 9.93. The molecule has 0 aromatic heterocycles. The number of carboxylic acid groups (broad SMARTS) is 1. The number of rotatable bonds is 9. The van der Waals surface area contributed by atoms with E-state index in [2.05, 4.69) is 17.9 Å². The maximum Gasteiger partial charge on any atom is 0.320 e. The first-order chi connectivity index (χ1) is 12.1. The van der Waals surface area contributed by atoms with Crippen molar-refractivity contribution in [3.05, 3.63) is 23.8 Å². The Hall–Kier alpha value is -1.75. The van der Waals surface area contributed by atoms with Gasteiger partial charge in [-0.05, 0) is 50.4 Å². The number of carbonyl (C=O) groups is 1. The summed E-state index contributed by atoms with van der Waals surface area (Å²) in [6, 6.07) is 5.72. The zero-order chi connectivity index (χ0) is 18.2. The second-order valence-electron chi connectivity index (χ2n) is 6.59. The van der Waals surface area contributed by atoms with Gasteiger partial charge in [-0.1, -0.05) is 32.3 Å². The van der Waals surface area contributed by atoms with Crippen molar-refractivity contribution in [3.8, 4) is 11.5 Å². The number of nitrogens with zero attached hydrogens (tertiary/aromatic N) is 1.